The smallest absolute Gasteiger partial charge is 0.270 e. The normalized spacial score (nSPS) is 17.5. The van der Waals surface area contributed by atoms with Crippen LogP contribution >= 0.6 is 28.1 Å². The van der Waals surface area contributed by atoms with Crippen LogP contribution in [0.2, 0.25) is 0 Å². The van der Waals surface area contributed by atoms with E-state index in [-0.39, 0.29) is 10.7 Å². The number of morpholine rings is 1. The number of aryl methyl sites for hydroxylation is 2. The second-order valence-corrected chi connectivity index (χ2v) is 10.5. The summed E-state index contributed by atoms with van der Waals surface area (Å²) in [6.45, 7) is 9.15. The first-order chi connectivity index (χ1) is 17.7. The number of anilines is 2. The lowest BCUT2D eigenvalue weighted by Gasteiger charge is -2.30. The topological polar surface area (TPSA) is 66.8 Å². The minimum atomic E-state index is -0.499. The summed E-state index contributed by atoms with van der Waals surface area (Å²) in [6, 6.07) is 16.0. The van der Waals surface area contributed by atoms with Crippen LogP contribution in [0.5, 0.6) is 0 Å². The summed E-state index contributed by atoms with van der Waals surface area (Å²) < 4.78 is 8.48. The molecule has 37 heavy (non-hydrogen) atoms. The molecule has 1 N–H and O–H groups in total. The highest BCUT2D eigenvalue weighted by Crippen LogP contribution is 2.29. The maximum atomic E-state index is 13.5. The first-order valence-corrected chi connectivity index (χ1v) is 13.2. The van der Waals surface area contributed by atoms with E-state index in [1.165, 1.54) is 10.6 Å². The lowest BCUT2D eigenvalue weighted by Crippen LogP contribution is -2.54. The maximum absolute atomic E-state index is 13.5. The molecule has 190 valence electrons. The number of carbonyl (C=O) groups excluding carboxylic acids is 2. The quantitative estimate of drug-likeness (QED) is 0.273. The predicted molar refractivity (Wildman–Crippen MR) is 153 cm³/mol. The second-order valence-electron chi connectivity index (χ2n) is 9.17. The first kappa shape index (κ1) is 25.4. The number of nitrogens with zero attached hydrogens (tertiary/aromatic N) is 3. The monoisotopic (exact) mass is 578 g/mol. The molecule has 0 radical (unpaired) electrons. The highest BCUT2D eigenvalue weighted by Gasteiger charge is 2.35. The zero-order valence-corrected chi connectivity index (χ0v) is 23.3. The largest absolute Gasteiger partial charge is 0.378 e. The molecule has 2 aliphatic heterocycles. The van der Waals surface area contributed by atoms with Gasteiger partial charge in [-0.3, -0.25) is 19.8 Å². The van der Waals surface area contributed by atoms with Crippen LogP contribution in [0.4, 0.5) is 11.4 Å². The Balaban J connectivity index is 1.47. The van der Waals surface area contributed by atoms with Crippen molar-refractivity contribution in [3.8, 4) is 5.69 Å². The van der Waals surface area contributed by atoms with Gasteiger partial charge in [0.05, 0.1) is 18.9 Å². The Kier molecular flexibility index (Phi) is 7.02. The van der Waals surface area contributed by atoms with Crippen LogP contribution in [0.3, 0.4) is 0 Å². The summed E-state index contributed by atoms with van der Waals surface area (Å²) in [5, 5.41) is 2.75. The van der Waals surface area contributed by atoms with E-state index in [4.69, 9.17) is 17.0 Å². The molecule has 0 atom stereocenters. The maximum Gasteiger partial charge on any atom is 0.270 e. The summed E-state index contributed by atoms with van der Waals surface area (Å²) in [7, 11) is 0. The van der Waals surface area contributed by atoms with Crippen molar-refractivity contribution >= 4 is 62.5 Å². The molecule has 2 fully saturated rings. The Morgan fingerprint density at radius 1 is 0.973 bits per heavy atom. The number of nitrogens with one attached hydrogen (secondary N) is 1. The highest BCUT2D eigenvalue weighted by molar-refractivity contribution is 9.10. The molecule has 5 rings (SSSR count). The van der Waals surface area contributed by atoms with Crippen molar-refractivity contribution in [1.82, 2.24) is 9.88 Å². The molecule has 2 aromatic carbocycles. The van der Waals surface area contributed by atoms with E-state index in [9.17, 15) is 9.59 Å². The van der Waals surface area contributed by atoms with Gasteiger partial charge in [-0.05, 0) is 98.7 Å². The zero-order valence-electron chi connectivity index (χ0n) is 20.9. The molecule has 0 saturated carbocycles. The molecular formula is C28H27BrN4O3S. The Hall–Kier alpha value is -3.27. The lowest BCUT2D eigenvalue weighted by atomic mass is 10.1. The van der Waals surface area contributed by atoms with Crippen LogP contribution in [0.15, 0.2) is 58.6 Å². The van der Waals surface area contributed by atoms with E-state index in [0.717, 1.165) is 59.0 Å². The van der Waals surface area contributed by atoms with Gasteiger partial charge < -0.3 is 14.2 Å². The number of amides is 2. The second kappa shape index (κ2) is 10.2. The van der Waals surface area contributed by atoms with Gasteiger partial charge in [-0.2, -0.15) is 0 Å². The zero-order chi connectivity index (χ0) is 26.3. The standard InChI is InChI=1S/C28H27BrN4O3S/c1-17-14-21(29)4-9-25(17)33-27(35)24(26(34)30-28(33)37)16-20-15-18(2)32(19(20)3)23-7-5-22(6-8-23)31-10-12-36-13-11-31/h4-9,14-16H,10-13H2,1-3H3,(H,30,34,37)/b24-16+. The number of benzene rings is 2. The average molecular weight is 580 g/mol. The van der Waals surface area contributed by atoms with E-state index in [2.05, 4.69) is 55.0 Å². The van der Waals surface area contributed by atoms with Crippen molar-refractivity contribution in [3.63, 3.8) is 0 Å². The molecule has 0 aliphatic carbocycles. The van der Waals surface area contributed by atoms with Gasteiger partial charge in [-0.15, -0.1) is 0 Å². The Bertz CT molecular complexity index is 1440. The van der Waals surface area contributed by atoms with Crippen molar-refractivity contribution in [2.24, 2.45) is 0 Å². The molecule has 1 aromatic heterocycles. The van der Waals surface area contributed by atoms with E-state index < -0.39 is 11.8 Å². The van der Waals surface area contributed by atoms with Gasteiger partial charge >= 0.3 is 0 Å². The molecular weight excluding hydrogens is 552 g/mol. The number of aromatic nitrogens is 1. The van der Waals surface area contributed by atoms with Gasteiger partial charge in [0.1, 0.15) is 5.57 Å². The van der Waals surface area contributed by atoms with Gasteiger partial charge in [0.25, 0.3) is 11.8 Å². The Morgan fingerprint density at radius 3 is 2.32 bits per heavy atom. The third-order valence-electron chi connectivity index (χ3n) is 6.76. The minimum absolute atomic E-state index is 0.0406. The number of ether oxygens (including phenoxy) is 1. The number of carbonyl (C=O) groups is 2. The van der Waals surface area contributed by atoms with Crippen LogP contribution in [0.25, 0.3) is 11.8 Å². The van der Waals surface area contributed by atoms with Gasteiger partial charge in [0.15, 0.2) is 5.11 Å². The summed E-state index contributed by atoms with van der Waals surface area (Å²) in [5.41, 5.74) is 6.46. The third-order valence-corrected chi connectivity index (χ3v) is 7.53. The van der Waals surface area contributed by atoms with Crippen molar-refractivity contribution < 1.29 is 14.3 Å². The summed E-state index contributed by atoms with van der Waals surface area (Å²) in [4.78, 5) is 30.1. The highest BCUT2D eigenvalue weighted by atomic mass is 79.9. The molecule has 2 amide bonds. The van der Waals surface area contributed by atoms with Crippen LogP contribution in [-0.4, -0.2) is 47.8 Å². The van der Waals surface area contributed by atoms with Gasteiger partial charge in [-0.25, -0.2) is 0 Å². The molecule has 3 aromatic rings. The number of hydrogen-bond acceptors (Lipinski definition) is 5. The fourth-order valence-corrected chi connectivity index (χ4v) is 5.62. The minimum Gasteiger partial charge on any atom is -0.378 e. The number of rotatable bonds is 4. The first-order valence-electron chi connectivity index (χ1n) is 12.0. The van der Waals surface area contributed by atoms with Crippen molar-refractivity contribution in [3.05, 3.63) is 81.1 Å². The van der Waals surface area contributed by atoms with Crippen LogP contribution < -0.4 is 15.1 Å². The summed E-state index contributed by atoms with van der Waals surface area (Å²) >= 11 is 8.81. The molecule has 0 spiro atoms. The fraction of sp³-hybridized carbons (Fsp3) is 0.250. The number of thiocarbonyl (C=S) groups is 1. The number of halogens is 1. The Morgan fingerprint density at radius 2 is 1.65 bits per heavy atom. The molecule has 2 aliphatic rings. The van der Waals surface area contributed by atoms with Crippen molar-refractivity contribution in [2.75, 3.05) is 36.1 Å². The summed E-state index contributed by atoms with van der Waals surface area (Å²) in [5.74, 6) is -0.945. The van der Waals surface area contributed by atoms with E-state index in [1.54, 1.807) is 6.08 Å². The molecule has 0 unspecified atom stereocenters. The van der Waals surface area contributed by atoms with Gasteiger partial charge in [0.2, 0.25) is 0 Å². The number of hydrogen-bond donors (Lipinski definition) is 1. The molecule has 0 bridgehead atoms. The van der Waals surface area contributed by atoms with Crippen molar-refractivity contribution in [2.45, 2.75) is 20.8 Å². The van der Waals surface area contributed by atoms with Gasteiger partial charge in [0, 0.05) is 40.3 Å². The SMILES string of the molecule is Cc1cc(Br)ccc1N1C(=O)/C(=C/c2cc(C)n(-c3ccc(N4CCOCC4)cc3)c2C)C(=O)NC1=S. The van der Waals surface area contributed by atoms with E-state index in [0.29, 0.717) is 5.69 Å². The Labute approximate surface area is 229 Å². The van der Waals surface area contributed by atoms with Crippen LogP contribution in [-0.2, 0) is 14.3 Å². The average Bonchev–Trinajstić information content (AvgIpc) is 3.16. The van der Waals surface area contributed by atoms with E-state index in [1.807, 2.05) is 45.0 Å². The van der Waals surface area contributed by atoms with Crippen LogP contribution in [0.1, 0.15) is 22.5 Å². The predicted octanol–water partition coefficient (Wildman–Crippen LogP) is 4.83. The third kappa shape index (κ3) is 4.86. The van der Waals surface area contributed by atoms with Crippen LogP contribution in [0, 0.1) is 20.8 Å². The van der Waals surface area contributed by atoms with Gasteiger partial charge in [-0.1, -0.05) is 15.9 Å². The molecule has 2 saturated heterocycles. The lowest BCUT2D eigenvalue weighted by molar-refractivity contribution is -0.122. The van der Waals surface area contributed by atoms with Crippen molar-refractivity contribution in [1.29, 1.82) is 0 Å². The fourth-order valence-electron chi connectivity index (χ4n) is 4.87. The molecule has 9 heteroatoms. The molecule has 7 nitrogen and oxygen atoms in total. The van der Waals surface area contributed by atoms with E-state index >= 15 is 0 Å². The summed E-state index contributed by atoms with van der Waals surface area (Å²) in [6.07, 6.45) is 1.65. The molecule has 3 heterocycles.